The molecule has 0 amide bonds. The maximum absolute atomic E-state index is 8.91. The Hall–Kier alpha value is -1.19. The molecule has 90 valence electrons. The average Bonchev–Trinajstić information content (AvgIpc) is 2.74. The van der Waals surface area contributed by atoms with Crippen LogP contribution in [0.4, 0.5) is 0 Å². The lowest BCUT2D eigenvalue weighted by Gasteiger charge is -2.03. The van der Waals surface area contributed by atoms with Crippen LogP contribution in [-0.2, 0) is 19.3 Å². The second-order valence-electron chi connectivity index (χ2n) is 4.15. The standard InChI is InChI=1S/C14H17NOS/c1-11-15-14(10-17-11)6-5-12-3-2-4-13(9-12)7-8-16/h2-4,9-10,16H,5-8H2,1H3. The predicted octanol–water partition coefficient (Wildman–Crippen LogP) is 2.77. The molecular formula is C14H17NOS. The molecule has 3 heteroatoms. The minimum absolute atomic E-state index is 0.217. The zero-order valence-corrected chi connectivity index (χ0v) is 10.8. The van der Waals surface area contributed by atoms with Gasteiger partial charge in [0.25, 0.3) is 0 Å². The molecule has 2 aromatic rings. The minimum Gasteiger partial charge on any atom is -0.396 e. The molecule has 2 nitrogen and oxygen atoms in total. The van der Waals surface area contributed by atoms with Gasteiger partial charge >= 0.3 is 0 Å². The van der Waals surface area contributed by atoms with Gasteiger partial charge in [-0.25, -0.2) is 4.98 Å². The first kappa shape index (κ1) is 12.3. The van der Waals surface area contributed by atoms with E-state index in [1.165, 1.54) is 16.8 Å². The Balaban J connectivity index is 1.96. The summed E-state index contributed by atoms with van der Waals surface area (Å²) in [6, 6.07) is 8.44. The first-order valence-electron chi connectivity index (χ1n) is 5.87. The number of aliphatic hydroxyl groups excluding tert-OH is 1. The van der Waals surface area contributed by atoms with E-state index in [2.05, 4.69) is 34.6 Å². The Bertz CT molecular complexity index is 479. The average molecular weight is 247 g/mol. The van der Waals surface area contributed by atoms with Crippen molar-refractivity contribution >= 4 is 11.3 Å². The molecule has 17 heavy (non-hydrogen) atoms. The summed E-state index contributed by atoms with van der Waals surface area (Å²) in [5, 5.41) is 12.2. The molecule has 2 rings (SSSR count). The van der Waals surface area contributed by atoms with Crippen LogP contribution in [0.2, 0.25) is 0 Å². The summed E-state index contributed by atoms with van der Waals surface area (Å²) in [4.78, 5) is 4.46. The van der Waals surface area contributed by atoms with Crippen molar-refractivity contribution in [3.8, 4) is 0 Å². The van der Waals surface area contributed by atoms with Crippen LogP contribution >= 0.6 is 11.3 Å². The number of benzene rings is 1. The maximum Gasteiger partial charge on any atom is 0.0897 e. The molecule has 0 saturated heterocycles. The van der Waals surface area contributed by atoms with E-state index in [4.69, 9.17) is 5.11 Å². The zero-order chi connectivity index (χ0) is 12.1. The number of nitrogens with zero attached hydrogens (tertiary/aromatic N) is 1. The molecule has 0 bridgehead atoms. The van der Waals surface area contributed by atoms with Crippen LogP contribution in [0, 0.1) is 6.92 Å². The highest BCUT2D eigenvalue weighted by Gasteiger charge is 2.00. The SMILES string of the molecule is Cc1nc(CCc2cccc(CCO)c2)cs1. The molecule has 0 radical (unpaired) electrons. The molecule has 0 aliphatic rings. The van der Waals surface area contributed by atoms with Gasteiger partial charge in [-0.1, -0.05) is 24.3 Å². The van der Waals surface area contributed by atoms with Gasteiger partial charge in [0.1, 0.15) is 0 Å². The molecule has 0 spiro atoms. The Kier molecular flexibility index (Phi) is 4.29. The number of aliphatic hydroxyl groups is 1. The zero-order valence-electron chi connectivity index (χ0n) is 10.0. The van der Waals surface area contributed by atoms with E-state index in [-0.39, 0.29) is 6.61 Å². The van der Waals surface area contributed by atoms with Crippen LogP contribution in [0.5, 0.6) is 0 Å². The monoisotopic (exact) mass is 247 g/mol. The number of hydrogen-bond donors (Lipinski definition) is 1. The molecule has 1 heterocycles. The summed E-state index contributed by atoms with van der Waals surface area (Å²) >= 11 is 1.71. The second kappa shape index (κ2) is 5.94. The van der Waals surface area contributed by atoms with Crippen molar-refractivity contribution in [1.82, 2.24) is 4.98 Å². The molecular weight excluding hydrogens is 230 g/mol. The number of rotatable bonds is 5. The topological polar surface area (TPSA) is 33.1 Å². The van der Waals surface area contributed by atoms with E-state index in [9.17, 15) is 0 Å². The molecule has 0 saturated carbocycles. The minimum atomic E-state index is 0.217. The van der Waals surface area contributed by atoms with Gasteiger partial charge < -0.3 is 5.11 Å². The largest absolute Gasteiger partial charge is 0.396 e. The molecule has 0 aliphatic carbocycles. The normalized spacial score (nSPS) is 10.7. The van der Waals surface area contributed by atoms with E-state index in [1.54, 1.807) is 11.3 Å². The van der Waals surface area contributed by atoms with Crippen LogP contribution in [-0.4, -0.2) is 16.7 Å². The van der Waals surface area contributed by atoms with Crippen molar-refractivity contribution in [3.63, 3.8) is 0 Å². The van der Waals surface area contributed by atoms with E-state index < -0.39 is 0 Å². The number of aryl methyl sites for hydroxylation is 3. The summed E-state index contributed by atoms with van der Waals surface area (Å²) in [6.07, 6.45) is 2.75. The smallest absolute Gasteiger partial charge is 0.0897 e. The molecule has 0 atom stereocenters. The third kappa shape index (κ3) is 3.65. The van der Waals surface area contributed by atoms with E-state index in [0.29, 0.717) is 0 Å². The van der Waals surface area contributed by atoms with Crippen LogP contribution < -0.4 is 0 Å². The first-order valence-corrected chi connectivity index (χ1v) is 6.75. The van der Waals surface area contributed by atoms with Gasteiger partial charge in [0.2, 0.25) is 0 Å². The quantitative estimate of drug-likeness (QED) is 0.881. The van der Waals surface area contributed by atoms with Crippen molar-refractivity contribution in [3.05, 3.63) is 51.5 Å². The summed E-state index contributed by atoms with van der Waals surface area (Å²) in [5.74, 6) is 0. The lowest BCUT2D eigenvalue weighted by atomic mass is 10.0. The first-order chi connectivity index (χ1) is 8.28. The molecule has 1 N–H and O–H groups in total. The van der Waals surface area contributed by atoms with Gasteiger partial charge in [-0.2, -0.15) is 0 Å². The predicted molar refractivity (Wildman–Crippen MR) is 71.5 cm³/mol. The highest BCUT2D eigenvalue weighted by atomic mass is 32.1. The fourth-order valence-electron chi connectivity index (χ4n) is 1.87. The summed E-state index contributed by atoms with van der Waals surface area (Å²) in [6.45, 7) is 2.25. The molecule has 1 aromatic carbocycles. The summed E-state index contributed by atoms with van der Waals surface area (Å²) in [7, 11) is 0. The van der Waals surface area contributed by atoms with Crippen LogP contribution in [0.1, 0.15) is 21.8 Å². The van der Waals surface area contributed by atoms with Gasteiger partial charge in [0.05, 0.1) is 10.7 Å². The van der Waals surface area contributed by atoms with Crippen molar-refractivity contribution in [2.75, 3.05) is 6.61 Å². The Morgan fingerprint density at radius 2 is 1.94 bits per heavy atom. The van der Waals surface area contributed by atoms with E-state index in [0.717, 1.165) is 24.3 Å². The molecule has 0 fully saturated rings. The van der Waals surface area contributed by atoms with Gasteiger partial charge in [-0.3, -0.25) is 0 Å². The highest BCUT2D eigenvalue weighted by Crippen LogP contribution is 2.12. The highest BCUT2D eigenvalue weighted by molar-refractivity contribution is 7.09. The molecule has 0 aliphatic heterocycles. The van der Waals surface area contributed by atoms with Crippen LogP contribution in [0.15, 0.2) is 29.6 Å². The fraction of sp³-hybridized carbons (Fsp3) is 0.357. The van der Waals surface area contributed by atoms with Gasteiger partial charge in [0, 0.05) is 12.0 Å². The third-order valence-electron chi connectivity index (χ3n) is 2.73. The lowest BCUT2D eigenvalue weighted by Crippen LogP contribution is -1.95. The van der Waals surface area contributed by atoms with Crippen LogP contribution in [0.25, 0.3) is 0 Å². The third-order valence-corrected chi connectivity index (χ3v) is 3.55. The summed E-state index contributed by atoms with van der Waals surface area (Å²) in [5.41, 5.74) is 3.71. The molecule has 0 unspecified atom stereocenters. The Morgan fingerprint density at radius 3 is 2.59 bits per heavy atom. The van der Waals surface area contributed by atoms with Crippen molar-refractivity contribution in [2.24, 2.45) is 0 Å². The van der Waals surface area contributed by atoms with Gasteiger partial charge in [-0.15, -0.1) is 11.3 Å². The van der Waals surface area contributed by atoms with E-state index >= 15 is 0 Å². The number of aromatic nitrogens is 1. The van der Waals surface area contributed by atoms with Crippen molar-refractivity contribution in [1.29, 1.82) is 0 Å². The number of thiazole rings is 1. The van der Waals surface area contributed by atoms with Gasteiger partial charge in [-0.05, 0) is 37.3 Å². The maximum atomic E-state index is 8.91. The van der Waals surface area contributed by atoms with Crippen molar-refractivity contribution in [2.45, 2.75) is 26.2 Å². The van der Waals surface area contributed by atoms with Crippen LogP contribution in [0.3, 0.4) is 0 Å². The van der Waals surface area contributed by atoms with E-state index in [1.807, 2.05) is 6.92 Å². The Labute approximate surface area is 106 Å². The van der Waals surface area contributed by atoms with Gasteiger partial charge in [0.15, 0.2) is 0 Å². The van der Waals surface area contributed by atoms with Crippen molar-refractivity contribution < 1.29 is 5.11 Å². The molecule has 1 aromatic heterocycles. The second-order valence-corrected chi connectivity index (χ2v) is 5.21. The Morgan fingerprint density at radius 1 is 1.18 bits per heavy atom. The summed E-state index contributed by atoms with van der Waals surface area (Å²) < 4.78 is 0. The fourth-order valence-corrected chi connectivity index (χ4v) is 2.51. The number of hydrogen-bond acceptors (Lipinski definition) is 3. The lowest BCUT2D eigenvalue weighted by molar-refractivity contribution is 0.299.